The van der Waals surface area contributed by atoms with E-state index in [1.54, 1.807) is 0 Å². The van der Waals surface area contributed by atoms with Crippen LogP contribution in [-0.2, 0) is 4.74 Å². The van der Waals surface area contributed by atoms with Crippen LogP contribution in [0.5, 0.6) is 0 Å². The van der Waals surface area contributed by atoms with Gasteiger partial charge in [0.25, 0.3) is 0 Å². The monoisotopic (exact) mass is 527 g/mol. The van der Waals surface area contributed by atoms with Crippen LogP contribution in [-0.4, -0.2) is 41.0 Å². The van der Waals surface area contributed by atoms with Crippen LogP contribution in [0, 0.1) is 19.7 Å². The van der Waals surface area contributed by atoms with Crippen LogP contribution in [0.4, 0.5) is 15.8 Å². The van der Waals surface area contributed by atoms with E-state index in [1.807, 2.05) is 36.5 Å². The molecule has 2 aromatic heterocycles. The molecule has 4 heterocycles. The van der Waals surface area contributed by atoms with Gasteiger partial charge in [-0.25, -0.2) is 4.39 Å². The number of rotatable bonds is 5. The lowest BCUT2D eigenvalue weighted by Crippen LogP contribution is -2.36. The molecule has 1 N–H and O–H groups in total. The highest BCUT2D eigenvalue weighted by Crippen LogP contribution is 2.44. The first-order valence-electron chi connectivity index (χ1n) is 12.9. The summed E-state index contributed by atoms with van der Waals surface area (Å²) in [6, 6.07) is 23.2. The fourth-order valence-electron chi connectivity index (χ4n) is 5.67. The maximum Gasteiger partial charge on any atom is 0.174 e. The number of pyridine rings is 1. The number of nitrogens with one attached hydrogen (secondary N) is 1. The Morgan fingerprint density at radius 1 is 0.921 bits per heavy atom. The number of benzene rings is 2. The lowest BCUT2D eigenvalue weighted by molar-refractivity contribution is 0.122. The molecule has 2 aliphatic heterocycles. The molecule has 6 nitrogen and oxygen atoms in total. The molecular formula is C30H30FN5OS. The van der Waals surface area contributed by atoms with Gasteiger partial charge in [-0.2, -0.15) is 0 Å². The van der Waals surface area contributed by atoms with Crippen LogP contribution in [0.2, 0.25) is 0 Å². The molecule has 2 aliphatic rings. The number of anilines is 2. The summed E-state index contributed by atoms with van der Waals surface area (Å²) >= 11 is 5.94. The van der Waals surface area contributed by atoms with E-state index in [-0.39, 0.29) is 17.9 Å². The topological polar surface area (TPSA) is 45.6 Å². The van der Waals surface area contributed by atoms with Gasteiger partial charge in [-0.3, -0.25) is 4.98 Å². The maximum absolute atomic E-state index is 13.7. The van der Waals surface area contributed by atoms with Gasteiger partial charge in [0, 0.05) is 47.7 Å². The highest BCUT2D eigenvalue weighted by Gasteiger charge is 2.42. The van der Waals surface area contributed by atoms with Crippen molar-refractivity contribution < 1.29 is 9.13 Å². The van der Waals surface area contributed by atoms with Gasteiger partial charge in [0.2, 0.25) is 0 Å². The smallest absolute Gasteiger partial charge is 0.174 e. The molecule has 2 saturated heterocycles. The van der Waals surface area contributed by atoms with Crippen molar-refractivity contribution in [2.75, 3.05) is 36.1 Å². The quantitative estimate of drug-likeness (QED) is 0.339. The highest BCUT2D eigenvalue weighted by molar-refractivity contribution is 7.80. The summed E-state index contributed by atoms with van der Waals surface area (Å²) in [7, 11) is 0. The van der Waals surface area contributed by atoms with E-state index < -0.39 is 0 Å². The molecule has 4 aromatic rings. The molecule has 0 unspecified atom stereocenters. The number of nitrogens with zero attached hydrogens (tertiary/aromatic N) is 4. The molecule has 2 fully saturated rings. The predicted octanol–water partition coefficient (Wildman–Crippen LogP) is 5.64. The summed E-state index contributed by atoms with van der Waals surface area (Å²) in [6.07, 6.45) is 1.82. The second-order valence-corrected chi connectivity index (χ2v) is 10.1. The van der Waals surface area contributed by atoms with Gasteiger partial charge in [-0.1, -0.05) is 6.07 Å². The van der Waals surface area contributed by atoms with E-state index in [0.29, 0.717) is 5.11 Å². The number of aryl methyl sites for hydroxylation is 1. The van der Waals surface area contributed by atoms with E-state index in [2.05, 4.69) is 68.8 Å². The molecule has 0 aliphatic carbocycles. The zero-order valence-electron chi connectivity index (χ0n) is 21.5. The summed E-state index contributed by atoms with van der Waals surface area (Å²) in [4.78, 5) is 9.23. The van der Waals surface area contributed by atoms with Crippen LogP contribution >= 0.6 is 12.2 Å². The SMILES string of the molecule is Cc1cc([C@H]2[C@@H](c3ccccn3)NC(=S)N2c2ccc(N3CCOCC3)cc2)c(C)n1-c1ccc(F)cc1. The lowest BCUT2D eigenvalue weighted by Gasteiger charge is -2.31. The number of morpholine rings is 1. The van der Waals surface area contributed by atoms with Gasteiger partial charge in [0.1, 0.15) is 5.82 Å². The summed E-state index contributed by atoms with van der Waals surface area (Å²) in [5.74, 6) is -0.247. The van der Waals surface area contributed by atoms with Gasteiger partial charge in [-0.05, 0) is 98.4 Å². The third-order valence-electron chi connectivity index (χ3n) is 7.48. The second-order valence-electron chi connectivity index (χ2n) is 9.75. The van der Waals surface area contributed by atoms with Crippen LogP contribution in [0.3, 0.4) is 0 Å². The highest BCUT2D eigenvalue weighted by atomic mass is 32.1. The molecule has 2 aromatic carbocycles. The minimum atomic E-state index is -0.247. The van der Waals surface area contributed by atoms with E-state index in [4.69, 9.17) is 17.0 Å². The Kier molecular flexibility index (Phi) is 6.59. The van der Waals surface area contributed by atoms with E-state index >= 15 is 0 Å². The van der Waals surface area contributed by atoms with Gasteiger partial charge >= 0.3 is 0 Å². The van der Waals surface area contributed by atoms with Crippen molar-refractivity contribution in [3.63, 3.8) is 0 Å². The van der Waals surface area contributed by atoms with Crippen molar-refractivity contribution in [1.29, 1.82) is 0 Å². The Hall–Kier alpha value is -3.75. The molecule has 0 radical (unpaired) electrons. The lowest BCUT2D eigenvalue weighted by atomic mass is 9.96. The third-order valence-corrected chi connectivity index (χ3v) is 7.79. The Morgan fingerprint density at radius 2 is 1.61 bits per heavy atom. The molecule has 8 heteroatoms. The fraction of sp³-hybridized carbons (Fsp3) is 0.267. The predicted molar refractivity (Wildman–Crippen MR) is 153 cm³/mol. The molecule has 6 rings (SSSR count). The number of hydrogen-bond acceptors (Lipinski definition) is 4. The maximum atomic E-state index is 13.7. The number of ether oxygens (including phenoxy) is 1. The van der Waals surface area contributed by atoms with Crippen molar-refractivity contribution in [2.45, 2.75) is 25.9 Å². The van der Waals surface area contributed by atoms with E-state index in [1.165, 1.54) is 17.8 Å². The van der Waals surface area contributed by atoms with Crippen molar-refractivity contribution in [3.05, 3.63) is 107 Å². The summed E-state index contributed by atoms with van der Waals surface area (Å²) in [5, 5.41) is 4.22. The summed E-state index contributed by atoms with van der Waals surface area (Å²) < 4.78 is 21.4. The summed E-state index contributed by atoms with van der Waals surface area (Å²) in [5.41, 5.74) is 7.37. The Labute approximate surface area is 227 Å². The van der Waals surface area contributed by atoms with Crippen molar-refractivity contribution in [1.82, 2.24) is 14.9 Å². The van der Waals surface area contributed by atoms with Crippen LogP contribution in [0.25, 0.3) is 5.69 Å². The molecule has 38 heavy (non-hydrogen) atoms. The van der Waals surface area contributed by atoms with E-state index in [0.717, 1.165) is 60.3 Å². The minimum absolute atomic E-state index is 0.118. The Bertz CT molecular complexity index is 1430. The Morgan fingerprint density at radius 3 is 2.29 bits per heavy atom. The molecule has 0 amide bonds. The average molecular weight is 528 g/mol. The standard InChI is InChI=1S/C30H30FN5OS/c1-20-19-26(21(2)35(20)24-8-6-22(31)7-9-24)29-28(27-5-3-4-14-32-27)33-30(38)36(29)25-12-10-23(11-13-25)34-15-17-37-18-16-34/h3-14,19,28-29H,15-18H2,1-2H3,(H,33,38)/t28-,29+/m1/s1. The molecule has 0 bridgehead atoms. The molecule has 2 atom stereocenters. The van der Waals surface area contributed by atoms with Crippen LogP contribution < -0.4 is 15.1 Å². The van der Waals surface area contributed by atoms with Gasteiger partial charge in [0.15, 0.2) is 5.11 Å². The fourth-order valence-corrected chi connectivity index (χ4v) is 6.02. The first-order chi connectivity index (χ1) is 18.5. The number of halogens is 1. The zero-order chi connectivity index (χ0) is 26.2. The van der Waals surface area contributed by atoms with Crippen LogP contribution in [0.15, 0.2) is 79.0 Å². The molecule has 194 valence electrons. The van der Waals surface area contributed by atoms with Gasteiger partial charge < -0.3 is 24.4 Å². The number of thiocarbonyl (C=S) groups is 1. The first-order valence-corrected chi connectivity index (χ1v) is 13.3. The molecule has 0 saturated carbocycles. The zero-order valence-corrected chi connectivity index (χ0v) is 22.3. The summed E-state index contributed by atoms with van der Waals surface area (Å²) in [6.45, 7) is 7.48. The Balaban J connectivity index is 1.43. The number of hydrogen-bond donors (Lipinski definition) is 1. The molecule has 0 spiro atoms. The van der Waals surface area contributed by atoms with E-state index in [9.17, 15) is 4.39 Å². The van der Waals surface area contributed by atoms with Crippen LogP contribution in [0.1, 0.15) is 34.7 Å². The van der Waals surface area contributed by atoms with Gasteiger partial charge in [0.05, 0.1) is 31.0 Å². The second kappa shape index (κ2) is 10.2. The average Bonchev–Trinajstić information content (AvgIpc) is 3.45. The first kappa shape index (κ1) is 24.6. The van der Waals surface area contributed by atoms with Crippen molar-refractivity contribution in [2.24, 2.45) is 0 Å². The minimum Gasteiger partial charge on any atom is -0.378 e. The normalized spacial score (nSPS) is 19.6. The number of aromatic nitrogens is 2. The molecular weight excluding hydrogens is 497 g/mol. The van der Waals surface area contributed by atoms with Crippen molar-refractivity contribution in [3.8, 4) is 5.69 Å². The largest absolute Gasteiger partial charge is 0.378 e. The van der Waals surface area contributed by atoms with Crippen molar-refractivity contribution >= 4 is 28.7 Å². The third kappa shape index (κ3) is 4.44. The van der Waals surface area contributed by atoms with Gasteiger partial charge in [-0.15, -0.1) is 0 Å².